The zero-order chi connectivity index (χ0) is 23.1. The average molecular weight is 454 g/mol. The predicted molar refractivity (Wildman–Crippen MR) is 135 cm³/mol. The largest absolute Gasteiger partial charge is 0.464 e. The molecular formula is C25H35N3O3Si. The lowest BCUT2D eigenvalue weighted by Crippen LogP contribution is -2.48. The monoisotopic (exact) mass is 453 g/mol. The molecule has 1 aliphatic rings. The fraction of sp³-hybridized carbons (Fsp3) is 0.480. The van der Waals surface area contributed by atoms with Gasteiger partial charge < -0.3 is 14.4 Å². The van der Waals surface area contributed by atoms with E-state index in [0.717, 1.165) is 66.8 Å². The van der Waals surface area contributed by atoms with Crippen LogP contribution < -0.4 is 4.90 Å². The van der Waals surface area contributed by atoms with Crippen LogP contribution in [0.2, 0.25) is 18.1 Å². The molecule has 1 aliphatic heterocycles. The molecule has 0 spiro atoms. The number of benzene rings is 2. The Morgan fingerprint density at radius 1 is 1.00 bits per heavy atom. The molecule has 2 aromatic carbocycles. The number of carboxylic acid groups (broad SMARTS) is 1. The molecule has 32 heavy (non-hydrogen) atoms. The van der Waals surface area contributed by atoms with E-state index in [-0.39, 0.29) is 5.04 Å². The van der Waals surface area contributed by atoms with E-state index in [1.54, 1.807) is 0 Å². The van der Waals surface area contributed by atoms with Gasteiger partial charge in [-0.3, -0.25) is 4.90 Å². The van der Waals surface area contributed by atoms with Crippen molar-refractivity contribution in [1.82, 2.24) is 9.47 Å². The van der Waals surface area contributed by atoms with Crippen LogP contribution in [-0.2, 0) is 4.43 Å². The third-order valence-electron chi connectivity index (χ3n) is 7.26. The second-order valence-corrected chi connectivity index (χ2v) is 15.1. The van der Waals surface area contributed by atoms with E-state index in [2.05, 4.69) is 55.8 Å². The first-order chi connectivity index (χ1) is 15.1. The number of piperazine rings is 1. The number of hydrogen-bond acceptors (Lipinski definition) is 4. The quantitative estimate of drug-likeness (QED) is 0.520. The lowest BCUT2D eigenvalue weighted by molar-refractivity contribution is 0.191. The minimum atomic E-state index is -1.69. The number of fused-ring (bicyclic) bond motifs is 3. The minimum Gasteiger partial charge on any atom is -0.464 e. The maximum Gasteiger partial charge on any atom is 0.416 e. The van der Waals surface area contributed by atoms with Crippen LogP contribution in [0.15, 0.2) is 42.5 Å². The molecule has 0 radical (unpaired) electrons. The summed E-state index contributed by atoms with van der Waals surface area (Å²) >= 11 is 0. The Morgan fingerprint density at radius 3 is 2.31 bits per heavy atom. The molecule has 3 aromatic rings. The summed E-state index contributed by atoms with van der Waals surface area (Å²) in [4.78, 5) is 16.7. The van der Waals surface area contributed by atoms with Gasteiger partial charge in [-0.25, -0.2) is 9.36 Å². The Hall–Kier alpha value is -2.35. The number of para-hydroxylation sites is 1. The molecule has 4 rings (SSSR count). The van der Waals surface area contributed by atoms with E-state index in [9.17, 15) is 9.90 Å². The van der Waals surface area contributed by atoms with Gasteiger partial charge in [0.15, 0.2) is 8.32 Å². The predicted octanol–water partition coefficient (Wildman–Crippen LogP) is 5.46. The highest BCUT2D eigenvalue weighted by Crippen LogP contribution is 2.36. The minimum absolute atomic E-state index is 0.244. The van der Waals surface area contributed by atoms with Crippen LogP contribution in [0.5, 0.6) is 0 Å². The zero-order valence-corrected chi connectivity index (χ0v) is 20.9. The summed E-state index contributed by atoms with van der Waals surface area (Å²) in [7, 11) is -1.69. The first-order valence-electron chi connectivity index (χ1n) is 11.5. The van der Waals surface area contributed by atoms with Crippen LogP contribution in [0, 0.1) is 0 Å². The highest BCUT2D eigenvalue weighted by atomic mass is 28.4. The number of anilines is 1. The summed E-state index contributed by atoms with van der Waals surface area (Å²) in [6, 6.07) is 13.9. The number of rotatable bonds is 5. The second kappa shape index (κ2) is 8.54. The highest BCUT2D eigenvalue weighted by Gasteiger charge is 2.37. The van der Waals surface area contributed by atoms with Gasteiger partial charge >= 0.3 is 6.09 Å². The van der Waals surface area contributed by atoms with Gasteiger partial charge in [0.25, 0.3) is 0 Å². The third-order valence-corrected chi connectivity index (χ3v) is 11.8. The number of hydrogen-bond donors (Lipinski definition) is 1. The Balaban J connectivity index is 1.43. The van der Waals surface area contributed by atoms with Gasteiger partial charge in [-0.2, -0.15) is 0 Å². The van der Waals surface area contributed by atoms with Gasteiger partial charge in [-0.1, -0.05) is 39.0 Å². The number of aromatic nitrogens is 1. The summed E-state index contributed by atoms with van der Waals surface area (Å²) in [6.45, 7) is 17.2. The summed E-state index contributed by atoms with van der Waals surface area (Å²) < 4.78 is 7.74. The molecular weight excluding hydrogens is 418 g/mol. The summed E-state index contributed by atoms with van der Waals surface area (Å²) in [5.41, 5.74) is 2.63. The van der Waals surface area contributed by atoms with Gasteiger partial charge in [0.2, 0.25) is 0 Å². The van der Waals surface area contributed by atoms with Crippen molar-refractivity contribution in [2.75, 3.05) is 44.2 Å². The fourth-order valence-corrected chi connectivity index (χ4v) is 5.27. The Labute approximate surface area is 191 Å². The van der Waals surface area contributed by atoms with Crippen LogP contribution in [-0.4, -0.2) is 68.3 Å². The van der Waals surface area contributed by atoms with Crippen LogP contribution in [0.25, 0.3) is 21.8 Å². The van der Waals surface area contributed by atoms with Crippen molar-refractivity contribution in [2.45, 2.75) is 38.9 Å². The topological polar surface area (TPSA) is 57.9 Å². The van der Waals surface area contributed by atoms with Gasteiger partial charge in [-0.05, 0) is 42.4 Å². The Kier molecular flexibility index (Phi) is 6.09. The van der Waals surface area contributed by atoms with Crippen molar-refractivity contribution < 1.29 is 14.3 Å². The first-order valence-corrected chi connectivity index (χ1v) is 14.4. The standard InChI is InChI=1S/C25H35N3O3Si/c1-25(2,3)32(4,5)31-17-16-26-12-14-27(15-13-26)19-10-11-23-21(18-19)20-8-6-7-9-22(20)28(23)24(29)30/h6-11,18H,12-17H2,1-5H3,(H,29,30). The highest BCUT2D eigenvalue weighted by molar-refractivity contribution is 6.74. The zero-order valence-electron chi connectivity index (χ0n) is 19.9. The van der Waals surface area contributed by atoms with Crippen LogP contribution in [0.3, 0.4) is 0 Å². The molecule has 1 aromatic heterocycles. The van der Waals surface area contributed by atoms with Crippen molar-refractivity contribution in [1.29, 1.82) is 0 Å². The van der Waals surface area contributed by atoms with E-state index in [1.165, 1.54) is 4.57 Å². The third kappa shape index (κ3) is 4.29. The molecule has 0 saturated carbocycles. The summed E-state index contributed by atoms with van der Waals surface area (Å²) in [5.74, 6) is 0. The van der Waals surface area contributed by atoms with Crippen molar-refractivity contribution in [2.24, 2.45) is 0 Å². The number of nitrogens with zero attached hydrogens (tertiary/aromatic N) is 3. The van der Waals surface area contributed by atoms with Crippen LogP contribution >= 0.6 is 0 Å². The normalized spacial score (nSPS) is 16.2. The molecule has 7 heteroatoms. The van der Waals surface area contributed by atoms with Gasteiger partial charge in [0.1, 0.15) is 0 Å². The average Bonchev–Trinajstić information content (AvgIpc) is 3.07. The second-order valence-electron chi connectivity index (χ2n) is 10.3. The maximum atomic E-state index is 11.9. The summed E-state index contributed by atoms with van der Waals surface area (Å²) in [6.07, 6.45) is -0.947. The smallest absolute Gasteiger partial charge is 0.416 e. The molecule has 0 aliphatic carbocycles. The molecule has 0 bridgehead atoms. The Bertz CT molecular complexity index is 1120. The van der Waals surface area contributed by atoms with Crippen LogP contribution in [0.1, 0.15) is 20.8 Å². The first kappa shape index (κ1) is 22.8. The van der Waals surface area contributed by atoms with E-state index < -0.39 is 14.4 Å². The maximum absolute atomic E-state index is 11.9. The van der Waals surface area contributed by atoms with Crippen molar-refractivity contribution in [3.63, 3.8) is 0 Å². The molecule has 2 heterocycles. The molecule has 172 valence electrons. The SMILES string of the molecule is CC(C)(C)[Si](C)(C)OCCN1CCN(c2ccc3c(c2)c2ccccc2n3C(=O)O)CC1. The van der Waals surface area contributed by atoms with Gasteiger partial charge in [0, 0.05) is 55.8 Å². The molecule has 0 atom stereocenters. The number of carbonyl (C=O) groups is 1. The summed E-state index contributed by atoms with van der Waals surface area (Å²) in [5, 5.41) is 11.9. The molecule has 1 N–H and O–H groups in total. The van der Waals surface area contributed by atoms with E-state index >= 15 is 0 Å². The van der Waals surface area contributed by atoms with E-state index in [1.807, 2.05) is 30.3 Å². The molecule has 0 amide bonds. The molecule has 6 nitrogen and oxygen atoms in total. The molecule has 1 fully saturated rings. The molecule has 1 saturated heterocycles. The van der Waals surface area contributed by atoms with Crippen LogP contribution in [0.4, 0.5) is 10.5 Å². The van der Waals surface area contributed by atoms with Crippen molar-refractivity contribution in [3.05, 3.63) is 42.5 Å². The Morgan fingerprint density at radius 2 is 1.66 bits per heavy atom. The van der Waals surface area contributed by atoms with Gasteiger partial charge in [-0.15, -0.1) is 0 Å². The van der Waals surface area contributed by atoms with Gasteiger partial charge in [0.05, 0.1) is 11.0 Å². The lowest BCUT2D eigenvalue weighted by Gasteiger charge is -2.39. The van der Waals surface area contributed by atoms with E-state index in [0.29, 0.717) is 0 Å². The van der Waals surface area contributed by atoms with E-state index in [4.69, 9.17) is 4.43 Å². The lowest BCUT2D eigenvalue weighted by atomic mass is 10.1. The van der Waals surface area contributed by atoms with Crippen molar-refractivity contribution >= 4 is 41.9 Å². The molecule has 0 unspecified atom stereocenters. The fourth-order valence-electron chi connectivity index (χ4n) is 4.24. The van der Waals surface area contributed by atoms with Crippen molar-refractivity contribution in [3.8, 4) is 0 Å².